The highest BCUT2D eigenvalue weighted by molar-refractivity contribution is 7.19. The van der Waals surface area contributed by atoms with E-state index in [2.05, 4.69) is 15.3 Å². The van der Waals surface area contributed by atoms with Crippen LogP contribution in [0.1, 0.15) is 22.0 Å². The van der Waals surface area contributed by atoms with Gasteiger partial charge in [0, 0.05) is 11.4 Å². The van der Waals surface area contributed by atoms with Crippen molar-refractivity contribution in [2.45, 2.75) is 19.0 Å². The van der Waals surface area contributed by atoms with E-state index >= 15 is 0 Å². The molecule has 2 aromatic heterocycles. The Labute approximate surface area is 165 Å². The summed E-state index contributed by atoms with van der Waals surface area (Å²) in [6.07, 6.45) is 2.28. The first-order valence-electron chi connectivity index (χ1n) is 8.72. The molecule has 1 unspecified atom stereocenters. The van der Waals surface area contributed by atoms with Gasteiger partial charge in [-0.15, -0.1) is 22.9 Å². The number of halogens is 1. The molecular weight excluding hydrogens is 384 g/mol. The molecule has 1 aromatic carbocycles. The highest BCUT2D eigenvalue weighted by atomic mass is 35.5. The molecule has 0 saturated carbocycles. The van der Waals surface area contributed by atoms with Gasteiger partial charge in [0.2, 0.25) is 5.91 Å². The summed E-state index contributed by atoms with van der Waals surface area (Å²) in [6, 6.07) is 9.55. The van der Waals surface area contributed by atoms with E-state index in [4.69, 9.17) is 11.6 Å². The van der Waals surface area contributed by atoms with Crippen LogP contribution >= 0.6 is 22.9 Å². The van der Waals surface area contributed by atoms with Crippen LogP contribution in [0.25, 0.3) is 10.2 Å². The minimum Gasteiger partial charge on any atom is -0.394 e. The molecule has 3 aromatic rings. The number of aliphatic hydroxyl groups excluding tert-OH is 1. The van der Waals surface area contributed by atoms with Crippen molar-refractivity contribution in [3.63, 3.8) is 0 Å². The number of aliphatic hydroxyl groups is 1. The van der Waals surface area contributed by atoms with Crippen LogP contribution in [0, 0.1) is 0 Å². The van der Waals surface area contributed by atoms with Crippen molar-refractivity contribution in [3.05, 3.63) is 52.7 Å². The monoisotopic (exact) mass is 402 g/mol. The maximum atomic E-state index is 11.9. The predicted molar refractivity (Wildman–Crippen MR) is 107 cm³/mol. The van der Waals surface area contributed by atoms with Crippen LogP contribution in [0.3, 0.4) is 0 Å². The number of amides is 1. The largest absolute Gasteiger partial charge is 0.394 e. The molecule has 0 bridgehead atoms. The van der Waals surface area contributed by atoms with Crippen LogP contribution in [0.4, 0.5) is 5.82 Å². The molecule has 4 rings (SSSR count). The van der Waals surface area contributed by atoms with Crippen LogP contribution in [0.5, 0.6) is 0 Å². The first-order valence-corrected chi connectivity index (χ1v) is 10.1. The van der Waals surface area contributed by atoms with Gasteiger partial charge in [0.05, 0.1) is 24.6 Å². The van der Waals surface area contributed by atoms with Crippen LogP contribution < -0.4 is 5.32 Å². The maximum absolute atomic E-state index is 11.9. The lowest BCUT2D eigenvalue weighted by Crippen LogP contribution is -2.36. The number of fused-ring (bicyclic) bond motifs is 3. The lowest BCUT2D eigenvalue weighted by Gasteiger charge is -2.26. The highest BCUT2D eigenvalue weighted by Gasteiger charge is 2.26. The molecule has 1 atom stereocenters. The van der Waals surface area contributed by atoms with Crippen LogP contribution in [-0.2, 0) is 17.8 Å². The Morgan fingerprint density at radius 1 is 1.33 bits per heavy atom. The summed E-state index contributed by atoms with van der Waals surface area (Å²) in [7, 11) is 0. The van der Waals surface area contributed by atoms with E-state index in [1.807, 2.05) is 30.3 Å². The van der Waals surface area contributed by atoms with E-state index in [1.54, 1.807) is 16.2 Å². The normalized spacial score (nSPS) is 14.8. The van der Waals surface area contributed by atoms with E-state index in [0.29, 0.717) is 13.1 Å². The summed E-state index contributed by atoms with van der Waals surface area (Å²) in [5.41, 5.74) is 2.18. The number of nitrogens with zero attached hydrogens (tertiary/aromatic N) is 3. The Morgan fingerprint density at radius 2 is 2.15 bits per heavy atom. The van der Waals surface area contributed by atoms with Crippen LogP contribution in [0.2, 0.25) is 0 Å². The fourth-order valence-corrected chi connectivity index (χ4v) is 4.79. The number of benzene rings is 1. The quantitative estimate of drug-likeness (QED) is 0.641. The first-order chi connectivity index (χ1) is 13.2. The number of carbonyl (C=O) groups excluding carboxylic acids is 1. The van der Waals surface area contributed by atoms with Crippen molar-refractivity contribution >= 4 is 44.9 Å². The van der Waals surface area contributed by atoms with Crippen LogP contribution in [0.15, 0.2) is 36.7 Å². The smallest absolute Gasteiger partial charge is 0.237 e. The Kier molecular flexibility index (Phi) is 5.24. The molecular formula is C19H19ClN4O2S. The summed E-state index contributed by atoms with van der Waals surface area (Å²) in [5.74, 6) is 0.674. The Balaban J connectivity index is 1.69. The van der Waals surface area contributed by atoms with Crippen molar-refractivity contribution in [3.8, 4) is 0 Å². The molecule has 1 aliphatic heterocycles. The Hall–Kier alpha value is -2.22. The second-order valence-corrected chi connectivity index (χ2v) is 7.75. The van der Waals surface area contributed by atoms with Crippen molar-refractivity contribution in [1.29, 1.82) is 0 Å². The van der Waals surface area contributed by atoms with Gasteiger partial charge in [0.15, 0.2) is 0 Å². The molecule has 0 saturated heterocycles. The molecule has 0 fully saturated rings. The fraction of sp³-hybridized carbons (Fsp3) is 0.316. The van der Waals surface area contributed by atoms with E-state index < -0.39 is 0 Å². The minimum absolute atomic E-state index is 0.00208. The highest BCUT2D eigenvalue weighted by Crippen LogP contribution is 2.38. The lowest BCUT2D eigenvalue weighted by atomic mass is 10.0. The zero-order valence-electron chi connectivity index (χ0n) is 14.6. The summed E-state index contributed by atoms with van der Waals surface area (Å²) >= 11 is 7.29. The van der Waals surface area contributed by atoms with E-state index in [9.17, 15) is 9.90 Å². The molecule has 6 nitrogen and oxygen atoms in total. The summed E-state index contributed by atoms with van der Waals surface area (Å²) in [6.45, 7) is 1.16. The third kappa shape index (κ3) is 3.50. The standard InChI is InChI=1S/C19H19ClN4O2S/c20-8-16(26)24-7-6-13-15(9-24)27-19-17(13)18(21-11-22-19)23-14(10-25)12-4-2-1-3-5-12/h1-5,11,14,25H,6-10H2,(H,21,22,23). The van der Waals surface area contributed by atoms with Gasteiger partial charge in [-0.1, -0.05) is 30.3 Å². The van der Waals surface area contributed by atoms with Gasteiger partial charge in [0.25, 0.3) is 0 Å². The third-order valence-electron chi connectivity index (χ3n) is 4.80. The SMILES string of the molecule is O=C(CCl)N1CCc2c(sc3ncnc(NC(CO)c4ccccc4)c23)C1. The molecule has 0 radical (unpaired) electrons. The molecule has 0 spiro atoms. The maximum Gasteiger partial charge on any atom is 0.237 e. The van der Waals surface area contributed by atoms with Crippen LogP contribution in [-0.4, -0.2) is 44.9 Å². The first kappa shape index (κ1) is 18.2. The van der Waals surface area contributed by atoms with Gasteiger partial charge in [-0.2, -0.15) is 0 Å². The molecule has 3 heterocycles. The zero-order valence-corrected chi connectivity index (χ0v) is 16.1. The second kappa shape index (κ2) is 7.80. The molecule has 2 N–H and O–H groups in total. The number of hydrogen-bond donors (Lipinski definition) is 2. The van der Waals surface area contributed by atoms with Crippen molar-refractivity contribution in [1.82, 2.24) is 14.9 Å². The Morgan fingerprint density at radius 3 is 2.89 bits per heavy atom. The van der Waals surface area contributed by atoms with Gasteiger partial charge in [-0.05, 0) is 17.5 Å². The van der Waals surface area contributed by atoms with Gasteiger partial charge in [0.1, 0.15) is 22.9 Å². The van der Waals surface area contributed by atoms with E-state index in [-0.39, 0.29) is 24.4 Å². The number of carbonyl (C=O) groups is 1. The number of hydrogen-bond acceptors (Lipinski definition) is 6. The van der Waals surface area contributed by atoms with Gasteiger partial charge >= 0.3 is 0 Å². The summed E-state index contributed by atoms with van der Waals surface area (Å²) in [5, 5.41) is 14.2. The third-order valence-corrected chi connectivity index (χ3v) is 6.15. The van der Waals surface area contributed by atoms with E-state index in [0.717, 1.165) is 32.9 Å². The van der Waals surface area contributed by atoms with Gasteiger partial charge in [-0.25, -0.2) is 9.97 Å². The predicted octanol–water partition coefficient (Wildman–Crippen LogP) is 2.96. The molecule has 0 aliphatic carbocycles. The van der Waals surface area contributed by atoms with Crippen molar-refractivity contribution in [2.24, 2.45) is 0 Å². The average molecular weight is 403 g/mol. The van der Waals surface area contributed by atoms with Gasteiger partial charge in [-0.3, -0.25) is 4.79 Å². The average Bonchev–Trinajstić information content (AvgIpc) is 3.10. The number of thiophene rings is 1. The molecule has 1 amide bonds. The lowest BCUT2D eigenvalue weighted by molar-refractivity contribution is -0.129. The second-order valence-electron chi connectivity index (χ2n) is 6.40. The topological polar surface area (TPSA) is 78.4 Å². The van der Waals surface area contributed by atoms with Crippen molar-refractivity contribution < 1.29 is 9.90 Å². The summed E-state index contributed by atoms with van der Waals surface area (Å²) < 4.78 is 0. The number of anilines is 1. The number of rotatable bonds is 5. The number of nitrogens with one attached hydrogen (secondary N) is 1. The van der Waals surface area contributed by atoms with Crippen molar-refractivity contribution in [2.75, 3.05) is 24.3 Å². The summed E-state index contributed by atoms with van der Waals surface area (Å²) in [4.78, 5) is 24.6. The molecule has 1 aliphatic rings. The number of alkyl halides is 1. The fourth-order valence-electron chi connectivity index (χ4n) is 3.42. The zero-order chi connectivity index (χ0) is 18.8. The number of aromatic nitrogens is 2. The van der Waals surface area contributed by atoms with E-state index in [1.165, 1.54) is 11.9 Å². The Bertz CT molecular complexity index is 963. The molecule has 140 valence electrons. The minimum atomic E-state index is -0.252. The molecule has 27 heavy (non-hydrogen) atoms. The van der Waals surface area contributed by atoms with Gasteiger partial charge < -0.3 is 15.3 Å². The molecule has 8 heteroatoms.